The lowest BCUT2D eigenvalue weighted by Crippen LogP contribution is -2.63. The average molecular weight is 634 g/mol. The average Bonchev–Trinajstić information content (AvgIpc) is 3.40. The lowest BCUT2D eigenvalue weighted by atomic mass is 9.43. The first-order valence-corrected chi connectivity index (χ1v) is 19.7. The van der Waals surface area contributed by atoms with E-state index in [4.69, 9.17) is 25.7 Å². The summed E-state index contributed by atoms with van der Waals surface area (Å²) in [4.78, 5) is 0. The number of fused-ring (bicyclic) bond motifs is 5. The number of nitrogens with one attached hydrogen (secondary N) is 1. The smallest absolute Gasteiger partial charge is 0.0633 e. The Bertz CT molecular complexity index is 829. The highest BCUT2D eigenvalue weighted by Gasteiger charge is 2.66. The molecule has 0 heterocycles. The van der Waals surface area contributed by atoms with Gasteiger partial charge in [-0.15, -0.1) is 0 Å². The monoisotopic (exact) mass is 634 g/mol. The number of rotatable bonds is 21. The van der Waals surface area contributed by atoms with Gasteiger partial charge in [-0.25, -0.2) is 0 Å². The molecule has 4 aliphatic rings. The first-order valence-electron chi connectivity index (χ1n) is 19.7. The molecule has 4 aliphatic carbocycles. The number of nitrogens with two attached hydrogens (primary N) is 2. The van der Waals surface area contributed by atoms with Gasteiger partial charge in [0.25, 0.3) is 0 Å². The Labute approximate surface area is 278 Å². The summed E-state index contributed by atoms with van der Waals surface area (Å²) in [6.07, 6.45) is 22.5. The molecule has 6 nitrogen and oxygen atoms in total. The minimum Gasteiger partial charge on any atom is -0.381 e. The van der Waals surface area contributed by atoms with Gasteiger partial charge in [0.1, 0.15) is 0 Å². The van der Waals surface area contributed by atoms with E-state index < -0.39 is 0 Å². The van der Waals surface area contributed by atoms with Gasteiger partial charge in [0.15, 0.2) is 0 Å². The van der Waals surface area contributed by atoms with E-state index in [1.807, 2.05) is 7.11 Å². The fraction of sp³-hybridized carbons (Fsp3) is 1.00. The van der Waals surface area contributed by atoms with Crippen LogP contribution < -0.4 is 16.8 Å². The minimum absolute atomic E-state index is 0.225. The van der Waals surface area contributed by atoms with E-state index >= 15 is 0 Å². The lowest BCUT2D eigenvalue weighted by Gasteiger charge is -2.64. The number of hydrogen-bond donors (Lipinski definition) is 3. The highest BCUT2D eigenvalue weighted by molar-refractivity contribution is 5.15. The molecule has 6 heteroatoms. The van der Waals surface area contributed by atoms with Crippen LogP contribution >= 0.6 is 0 Å². The zero-order valence-electron chi connectivity index (χ0n) is 30.3. The molecular weight excluding hydrogens is 558 g/mol. The topological polar surface area (TPSA) is 91.8 Å². The molecule has 0 spiro atoms. The Balaban J connectivity index is 1.41. The Morgan fingerprint density at radius 2 is 1.51 bits per heavy atom. The Kier molecular flexibility index (Phi) is 15.5. The molecule has 0 bridgehead atoms. The van der Waals surface area contributed by atoms with Crippen molar-refractivity contribution in [1.82, 2.24) is 5.32 Å². The van der Waals surface area contributed by atoms with E-state index in [2.05, 4.69) is 33.0 Å². The molecule has 4 rings (SSSR count). The maximum Gasteiger partial charge on any atom is 0.0633 e. The fourth-order valence-electron chi connectivity index (χ4n) is 11.3. The van der Waals surface area contributed by atoms with Crippen molar-refractivity contribution in [2.45, 2.75) is 155 Å². The number of hydrogen-bond acceptors (Lipinski definition) is 6. The van der Waals surface area contributed by atoms with Crippen LogP contribution in [0.1, 0.15) is 137 Å². The standard InChI is InChI=1S/C39H75N3O3/c1-6-7-8-9-10-11-22-42-23-12-15-29(2)32-16-17-33-37-34(28-36(43-5)39(32,33)4)38(3)19-18-31(44-24-13-20-40)26-30(38)27-35(37)45-25-14-21-41/h29-37,42H,6-28,40-41H2,1-5H3. The van der Waals surface area contributed by atoms with E-state index in [0.717, 1.165) is 44.4 Å². The Morgan fingerprint density at radius 1 is 0.800 bits per heavy atom. The van der Waals surface area contributed by atoms with Crippen molar-refractivity contribution >= 4 is 0 Å². The molecule has 0 aromatic heterocycles. The van der Waals surface area contributed by atoms with E-state index in [1.165, 1.54) is 103 Å². The quantitative estimate of drug-likeness (QED) is 0.112. The van der Waals surface area contributed by atoms with Gasteiger partial charge in [-0.3, -0.25) is 0 Å². The zero-order valence-corrected chi connectivity index (χ0v) is 30.3. The molecule has 11 atom stereocenters. The molecule has 264 valence electrons. The van der Waals surface area contributed by atoms with Crippen LogP contribution in [0.5, 0.6) is 0 Å². The third kappa shape index (κ3) is 8.87. The summed E-state index contributed by atoms with van der Waals surface area (Å²) in [5.74, 6) is 4.08. The van der Waals surface area contributed by atoms with Gasteiger partial charge in [0, 0.05) is 25.7 Å². The Hall–Kier alpha value is -0.240. The lowest BCUT2D eigenvalue weighted by molar-refractivity contribution is -0.223. The van der Waals surface area contributed by atoms with Crippen molar-refractivity contribution in [3.05, 3.63) is 0 Å². The second kappa shape index (κ2) is 18.5. The second-order valence-electron chi connectivity index (χ2n) is 16.3. The summed E-state index contributed by atoms with van der Waals surface area (Å²) in [6.45, 7) is 15.5. The van der Waals surface area contributed by atoms with Gasteiger partial charge in [-0.2, -0.15) is 0 Å². The summed E-state index contributed by atoms with van der Waals surface area (Å²) in [5.41, 5.74) is 12.3. The van der Waals surface area contributed by atoms with Crippen molar-refractivity contribution in [1.29, 1.82) is 0 Å². The van der Waals surface area contributed by atoms with Crippen molar-refractivity contribution in [3.63, 3.8) is 0 Å². The number of ether oxygens (including phenoxy) is 3. The van der Waals surface area contributed by atoms with E-state index in [1.54, 1.807) is 0 Å². The first kappa shape index (κ1) is 37.6. The maximum absolute atomic E-state index is 6.89. The normalized spacial score (nSPS) is 38.5. The molecule has 0 aromatic carbocycles. The third-order valence-electron chi connectivity index (χ3n) is 13.8. The van der Waals surface area contributed by atoms with Gasteiger partial charge < -0.3 is 31.0 Å². The molecule has 11 unspecified atom stereocenters. The van der Waals surface area contributed by atoms with Crippen LogP contribution in [-0.2, 0) is 14.2 Å². The van der Waals surface area contributed by atoms with Crippen LogP contribution in [0.3, 0.4) is 0 Å². The van der Waals surface area contributed by atoms with Crippen molar-refractivity contribution in [2.24, 2.45) is 57.8 Å². The second-order valence-corrected chi connectivity index (χ2v) is 16.3. The predicted molar refractivity (Wildman–Crippen MR) is 188 cm³/mol. The molecule has 0 aromatic rings. The van der Waals surface area contributed by atoms with Gasteiger partial charge in [0.2, 0.25) is 0 Å². The maximum atomic E-state index is 6.89. The molecule has 4 saturated carbocycles. The SMILES string of the molecule is CCCCCCCCNCCCC(C)C1CCC2C3C(OCCCN)CC4CC(OCCCN)CCC4(C)C3CC(OC)C12C. The van der Waals surface area contributed by atoms with Crippen LogP contribution in [0.25, 0.3) is 0 Å². The van der Waals surface area contributed by atoms with Gasteiger partial charge in [-0.1, -0.05) is 59.8 Å². The zero-order chi connectivity index (χ0) is 32.3. The first-order chi connectivity index (χ1) is 21.8. The predicted octanol–water partition coefficient (Wildman–Crippen LogP) is 7.71. The van der Waals surface area contributed by atoms with E-state index in [9.17, 15) is 0 Å². The van der Waals surface area contributed by atoms with Crippen molar-refractivity contribution in [3.8, 4) is 0 Å². The molecule has 0 amide bonds. The molecular formula is C39H75N3O3. The summed E-state index contributed by atoms with van der Waals surface area (Å²) in [5, 5.41) is 3.76. The van der Waals surface area contributed by atoms with Crippen LogP contribution in [0.15, 0.2) is 0 Å². The van der Waals surface area contributed by atoms with Gasteiger partial charge in [0.05, 0.1) is 18.3 Å². The summed E-state index contributed by atoms with van der Waals surface area (Å²) in [7, 11) is 2.01. The van der Waals surface area contributed by atoms with E-state index in [0.29, 0.717) is 60.5 Å². The van der Waals surface area contributed by atoms with Crippen LogP contribution in [0.4, 0.5) is 0 Å². The summed E-state index contributed by atoms with van der Waals surface area (Å²) >= 11 is 0. The number of methoxy groups -OCH3 is 1. The molecule has 5 N–H and O–H groups in total. The Morgan fingerprint density at radius 3 is 2.24 bits per heavy atom. The third-order valence-corrected chi connectivity index (χ3v) is 13.8. The highest BCUT2D eigenvalue weighted by Crippen LogP contribution is 2.69. The summed E-state index contributed by atoms with van der Waals surface area (Å²) in [6, 6.07) is 0. The van der Waals surface area contributed by atoms with Crippen molar-refractivity contribution < 1.29 is 14.2 Å². The molecule has 0 aliphatic heterocycles. The van der Waals surface area contributed by atoms with Gasteiger partial charge in [-0.05, 0) is 144 Å². The van der Waals surface area contributed by atoms with Crippen LogP contribution in [0, 0.1) is 46.3 Å². The molecule has 4 fully saturated rings. The summed E-state index contributed by atoms with van der Waals surface area (Å²) < 4.78 is 19.8. The van der Waals surface area contributed by atoms with E-state index in [-0.39, 0.29) is 5.41 Å². The molecule has 45 heavy (non-hydrogen) atoms. The highest BCUT2D eigenvalue weighted by atomic mass is 16.5. The molecule has 0 radical (unpaired) electrons. The number of unbranched alkanes of at least 4 members (excludes halogenated alkanes) is 5. The van der Waals surface area contributed by atoms with Gasteiger partial charge >= 0.3 is 0 Å². The van der Waals surface area contributed by atoms with Crippen molar-refractivity contribution in [2.75, 3.05) is 46.5 Å². The minimum atomic E-state index is 0.225. The van der Waals surface area contributed by atoms with Crippen LogP contribution in [0.2, 0.25) is 0 Å². The van der Waals surface area contributed by atoms with Crippen LogP contribution in [-0.4, -0.2) is 64.8 Å². The fourth-order valence-corrected chi connectivity index (χ4v) is 11.3. The molecule has 0 saturated heterocycles. The largest absolute Gasteiger partial charge is 0.381 e.